The molecule has 0 aliphatic heterocycles. The van der Waals surface area contributed by atoms with Crippen LogP contribution in [0.5, 0.6) is 0 Å². The van der Waals surface area contributed by atoms with E-state index in [1.54, 1.807) is 0 Å². The molecule has 3 heteroatoms. The van der Waals surface area contributed by atoms with Gasteiger partial charge in [-0.25, -0.2) is 0 Å². The number of aliphatic hydroxyl groups is 2. The van der Waals surface area contributed by atoms with Gasteiger partial charge in [-0.3, -0.25) is 0 Å². The van der Waals surface area contributed by atoms with Crippen molar-refractivity contribution in [3.63, 3.8) is 0 Å². The van der Waals surface area contributed by atoms with Gasteiger partial charge >= 0.3 is 0 Å². The van der Waals surface area contributed by atoms with Crippen molar-refractivity contribution in [3.05, 3.63) is 0 Å². The molecule has 0 saturated carbocycles. The molecule has 0 bridgehead atoms. The summed E-state index contributed by atoms with van der Waals surface area (Å²) < 4.78 is 4.83. The van der Waals surface area contributed by atoms with E-state index in [1.165, 1.54) is 0 Å². The van der Waals surface area contributed by atoms with Gasteiger partial charge in [-0.05, 0) is 26.2 Å². The first kappa shape index (κ1) is 19.5. The monoisotopic (exact) mass is 208 g/mol. The van der Waals surface area contributed by atoms with Gasteiger partial charge in [-0.15, -0.1) is 0 Å². The number of hydrogen-bond acceptors (Lipinski definition) is 3. The van der Waals surface area contributed by atoms with Crippen LogP contribution in [-0.2, 0) is 4.74 Å². The van der Waals surface area contributed by atoms with Crippen LogP contribution in [0, 0.1) is 5.92 Å². The van der Waals surface area contributed by atoms with Crippen LogP contribution >= 0.6 is 0 Å². The Morgan fingerprint density at radius 2 is 1.29 bits per heavy atom. The smallest absolute Gasteiger partial charge is 0.0453 e. The number of hydrogen-bond donors (Lipinski definition) is 2. The molecule has 0 saturated heterocycles. The molecule has 2 N–H and O–H groups in total. The molecule has 0 fully saturated rings. The number of aliphatic hydroxyl groups excluding tert-OH is 2. The van der Waals surface area contributed by atoms with Crippen molar-refractivity contribution in [1.82, 2.24) is 0 Å². The fourth-order valence-electron chi connectivity index (χ4n) is 0.204. The highest BCUT2D eigenvalue weighted by Gasteiger charge is 1.81. The Balaban J connectivity index is -0.000000131. The van der Waals surface area contributed by atoms with Crippen molar-refractivity contribution in [2.24, 2.45) is 5.92 Å². The third-order valence-electron chi connectivity index (χ3n) is 0.997. The molecular weight excluding hydrogens is 180 g/mol. The summed E-state index contributed by atoms with van der Waals surface area (Å²) in [5.74, 6) is 0.440. The molecule has 0 aliphatic rings. The molecule has 0 aromatic rings. The Bertz CT molecular complexity index is 61.6. The summed E-state index contributed by atoms with van der Waals surface area (Å²) in [5.41, 5.74) is 0. The van der Waals surface area contributed by atoms with Gasteiger partial charge < -0.3 is 14.9 Å². The molecule has 90 valence electrons. The fourth-order valence-corrected chi connectivity index (χ4v) is 0.204. The lowest BCUT2D eigenvalue weighted by Crippen LogP contribution is -1.90. The Kier molecular flexibility index (Phi) is 32.0. The molecule has 14 heavy (non-hydrogen) atoms. The minimum absolute atomic E-state index is 0.306. The molecule has 0 unspecified atom stereocenters. The molecule has 0 heterocycles. The summed E-state index contributed by atoms with van der Waals surface area (Å²) in [7, 11) is 0. The molecule has 0 amide bonds. The predicted molar refractivity (Wildman–Crippen MR) is 61.5 cm³/mol. The van der Waals surface area contributed by atoms with Gasteiger partial charge in [0.1, 0.15) is 0 Å². The third-order valence-corrected chi connectivity index (χ3v) is 0.997. The maximum absolute atomic E-state index is 8.14. The molecular formula is C11H28O3. The Morgan fingerprint density at radius 1 is 1.00 bits per heavy atom. The maximum atomic E-state index is 8.14. The van der Waals surface area contributed by atoms with E-state index >= 15 is 0 Å². The standard InChI is InChI=1S/2C4H10O.C3H8O/c1-4(2)3-5;1-3-5-4-2;1-2-3-4/h4-5H,3H2,1-2H3;3-4H2,1-2H3;4H,2-3H2,1H3. The normalized spacial score (nSPS) is 8.57. The van der Waals surface area contributed by atoms with Gasteiger partial charge in [0.05, 0.1) is 0 Å². The van der Waals surface area contributed by atoms with Crippen molar-refractivity contribution in [2.75, 3.05) is 26.4 Å². The largest absolute Gasteiger partial charge is 0.396 e. The zero-order chi connectivity index (χ0) is 11.8. The lowest BCUT2D eigenvalue weighted by atomic mass is 10.2. The zero-order valence-electron chi connectivity index (χ0n) is 10.4. The van der Waals surface area contributed by atoms with E-state index in [-0.39, 0.29) is 0 Å². The molecule has 0 spiro atoms. The molecule has 0 radical (unpaired) electrons. The zero-order valence-corrected chi connectivity index (χ0v) is 10.4. The first-order chi connectivity index (χ1) is 6.60. The van der Waals surface area contributed by atoms with Crippen LogP contribution in [0.1, 0.15) is 41.0 Å². The Labute approximate surface area is 89.1 Å². The van der Waals surface area contributed by atoms with Crippen LogP contribution < -0.4 is 0 Å². The predicted octanol–water partition coefficient (Wildman–Crippen LogP) is 2.07. The number of rotatable bonds is 4. The quantitative estimate of drug-likeness (QED) is 0.743. The Morgan fingerprint density at radius 3 is 1.29 bits per heavy atom. The third kappa shape index (κ3) is 59.1. The highest BCUT2D eigenvalue weighted by atomic mass is 16.5. The molecule has 0 rings (SSSR count). The fraction of sp³-hybridized carbons (Fsp3) is 1.00. The van der Waals surface area contributed by atoms with Crippen molar-refractivity contribution < 1.29 is 14.9 Å². The van der Waals surface area contributed by atoms with Gasteiger partial charge in [0.25, 0.3) is 0 Å². The van der Waals surface area contributed by atoms with E-state index in [2.05, 4.69) is 0 Å². The average molecular weight is 208 g/mol. The summed E-state index contributed by atoms with van der Waals surface area (Å²) in [6.07, 6.45) is 0.875. The van der Waals surface area contributed by atoms with Crippen LogP contribution in [0.2, 0.25) is 0 Å². The van der Waals surface area contributed by atoms with Crippen molar-refractivity contribution >= 4 is 0 Å². The van der Waals surface area contributed by atoms with E-state index in [0.717, 1.165) is 19.6 Å². The van der Waals surface area contributed by atoms with Crippen LogP contribution in [0.15, 0.2) is 0 Å². The van der Waals surface area contributed by atoms with E-state index < -0.39 is 0 Å². The van der Waals surface area contributed by atoms with Gasteiger partial charge in [-0.1, -0.05) is 20.8 Å². The summed E-state index contributed by atoms with van der Waals surface area (Å²) in [5, 5.41) is 16.0. The SMILES string of the molecule is CC(C)CO.CCCO.CCOCC. The second-order valence-electron chi connectivity index (χ2n) is 3.08. The van der Waals surface area contributed by atoms with Crippen molar-refractivity contribution in [3.8, 4) is 0 Å². The van der Waals surface area contributed by atoms with Gasteiger partial charge in [0.15, 0.2) is 0 Å². The summed E-state index contributed by atoms with van der Waals surface area (Å²) >= 11 is 0. The second-order valence-corrected chi connectivity index (χ2v) is 3.08. The number of ether oxygens (including phenoxy) is 1. The van der Waals surface area contributed by atoms with E-state index in [0.29, 0.717) is 19.1 Å². The minimum Gasteiger partial charge on any atom is -0.396 e. The van der Waals surface area contributed by atoms with Gasteiger partial charge in [0, 0.05) is 26.4 Å². The topological polar surface area (TPSA) is 49.7 Å². The lowest BCUT2D eigenvalue weighted by Gasteiger charge is -1.90. The highest BCUT2D eigenvalue weighted by Crippen LogP contribution is 1.83. The van der Waals surface area contributed by atoms with Crippen molar-refractivity contribution in [1.29, 1.82) is 0 Å². The molecule has 0 aliphatic carbocycles. The lowest BCUT2D eigenvalue weighted by molar-refractivity contribution is 0.162. The summed E-state index contributed by atoms with van der Waals surface area (Å²) in [6, 6.07) is 0. The van der Waals surface area contributed by atoms with Crippen LogP contribution in [0.4, 0.5) is 0 Å². The average Bonchev–Trinajstić information content (AvgIpc) is 2.20. The summed E-state index contributed by atoms with van der Waals surface area (Å²) in [6.45, 7) is 12.2. The maximum Gasteiger partial charge on any atom is 0.0453 e. The molecule has 0 atom stereocenters. The van der Waals surface area contributed by atoms with E-state index in [1.807, 2.05) is 34.6 Å². The molecule has 0 aromatic heterocycles. The highest BCUT2D eigenvalue weighted by molar-refractivity contribution is 4.32. The van der Waals surface area contributed by atoms with E-state index in [9.17, 15) is 0 Å². The first-order valence-electron chi connectivity index (χ1n) is 5.39. The van der Waals surface area contributed by atoms with Gasteiger partial charge in [-0.2, -0.15) is 0 Å². The van der Waals surface area contributed by atoms with E-state index in [4.69, 9.17) is 14.9 Å². The van der Waals surface area contributed by atoms with Crippen molar-refractivity contribution in [2.45, 2.75) is 41.0 Å². The Hall–Kier alpha value is -0.120. The van der Waals surface area contributed by atoms with Crippen LogP contribution in [0.3, 0.4) is 0 Å². The van der Waals surface area contributed by atoms with Crippen LogP contribution in [-0.4, -0.2) is 36.6 Å². The minimum atomic E-state index is 0.306. The van der Waals surface area contributed by atoms with Gasteiger partial charge in [0.2, 0.25) is 0 Å². The van der Waals surface area contributed by atoms with Crippen LogP contribution in [0.25, 0.3) is 0 Å². The molecule has 3 nitrogen and oxygen atoms in total. The second kappa shape index (κ2) is 23.1. The summed E-state index contributed by atoms with van der Waals surface area (Å²) in [4.78, 5) is 0. The first-order valence-corrected chi connectivity index (χ1v) is 5.39. The molecule has 0 aromatic carbocycles.